The zero-order valence-electron chi connectivity index (χ0n) is 9.28. The first-order valence-electron chi connectivity index (χ1n) is 5.48. The molecule has 92 valence electrons. The van der Waals surface area contributed by atoms with Crippen molar-refractivity contribution in [1.82, 2.24) is 10.3 Å². The minimum Gasteiger partial charge on any atom is -0.384 e. The van der Waals surface area contributed by atoms with Crippen molar-refractivity contribution < 1.29 is 9.53 Å². The molecule has 0 bridgehead atoms. The minimum atomic E-state index is -0.321. The Kier molecular flexibility index (Phi) is 3.81. The van der Waals surface area contributed by atoms with E-state index < -0.39 is 0 Å². The molecular formula is C11H14ClN3O2. The van der Waals surface area contributed by atoms with Gasteiger partial charge in [0.25, 0.3) is 5.91 Å². The number of rotatable bonds is 3. The number of nitrogen functional groups attached to an aromatic ring is 1. The number of carbonyl (C=O) groups excluding carboxylic acids is 1. The van der Waals surface area contributed by atoms with Crippen molar-refractivity contribution in [3.8, 4) is 0 Å². The molecule has 2 rings (SSSR count). The highest BCUT2D eigenvalue weighted by Crippen LogP contribution is 2.15. The standard InChI is InChI=1S/C11H14ClN3O2/c12-8-3-4-9(13)15-10(8)11(16)14-6-7-2-1-5-17-7/h3-4,7H,1-2,5-6H2,(H2,13,15)(H,14,16). The monoisotopic (exact) mass is 255 g/mol. The van der Waals surface area contributed by atoms with Gasteiger partial charge in [0.1, 0.15) is 11.5 Å². The van der Waals surface area contributed by atoms with Crippen molar-refractivity contribution in [3.63, 3.8) is 0 Å². The van der Waals surface area contributed by atoms with E-state index >= 15 is 0 Å². The molecule has 1 fully saturated rings. The molecule has 1 aromatic heterocycles. The van der Waals surface area contributed by atoms with Crippen molar-refractivity contribution in [1.29, 1.82) is 0 Å². The summed E-state index contributed by atoms with van der Waals surface area (Å²) in [7, 11) is 0. The van der Waals surface area contributed by atoms with Gasteiger partial charge in [-0.25, -0.2) is 4.98 Å². The van der Waals surface area contributed by atoms with Crippen LogP contribution in [0.25, 0.3) is 0 Å². The highest BCUT2D eigenvalue weighted by atomic mass is 35.5. The highest BCUT2D eigenvalue weighted by Gasteiger charge is 2.18. The zero-order chi connectivity index (χ0) is 12.3. The molecule has 17 heavy (non-hydrogen) atoms. The number of anilines is 1. The molecule has 1 amide bonds. The summed E-state index contributed by atoms with van der Waals surface area (Å²) in [4.78, 5) is 15.7. The first kappa shape index (κ1) is 12.1. The number of nitrogens with one attached hydrogen (secondary N) is 1. The fourth-order valence-electron chi connectivity index (χ4n) is 1.71. The fraction of sp³-hybridized carbons (Fsp3) is 0.455. The highest BCUT2D eigenvalue weighted by molar-refractivity contribution is 6.33. The van der Waals surface area contributed by atoms with E-state index in [-0.39, 0.29) is 23.5 Å². The van der Waals surface area contributed by atoms with Crippen LogP contribution in [-0.2, 0) is 4.74 Å². The Labute approximate surface area is 104 Å². The van der Waals surface area contributed by atoms with Crippen LogP contribution >= 0.6 is 11.6 Å². The minimum absolute atomic E-state index is 0.0961. The van der Waals surface area contributed by atoms with Crippen LogP contribution in [0.15, 0.2) is 12.1 Å². The van der Waals surface area contributed by atoms with Crippen LogP contribution in [-0.4, -0.2) is 30.1 Å². The molecule has 5 nitrogen and oxygen atoms in total. The van der Waals surface area contributed by atoms with Crippen molar-refractivity contribution in [3.05, 3.63) is 22.8 Å². The SMILES string of the molecule is Nc1ccc(Cl)c(C(=O)NCC2CCCO2)n1. The zero-order valence-corrected chi connectivity index (χ0v) is 10.0. The number of pyridine rings is 1. The Morgan fingerprint density at radius 1 is 1.65 bits per heavy atom. The van der Waals surface area contributed by atoms with E-state index in [1.165, 1.54) is 0 Å². The van der Waals surface area contributed by atoms with E-state index in [1.807, 2.05) is 0 Å². The Morgan fingerprint density at radius 3 is 3.18 bits per heavy atom. The molecule has 1 aromatic rings. The molecule has 2 heterocycles. The third-order valence-corrected chi connectivity index (χ3v) is 2.90. The van der Waals surface area contributed by atoms with Gasteiger partial charge in [-0.3, -0.25) is 4.79 Å². The molecule has 1 atom stereocenters. The van der Waals surface area contributed by atoms with Crippen molar-refractivity contribution in [2.45, 2.75) is 18.9 Å². The third kappa shape index (κ3) is 3.08. The second-order valence-electron chi connectivity index (χ2n) is 3.91. The van der Waals surface area contributed by atoms with Crippen LogP contribution in [0.4, 0.5) is 5.82 Å². The normalized spacial score (nSPS) is 19.2. The van der Waals surface area contributed by atoms with Crippen LogP contribution in [0, 0.1) is 0 Å². The summed E-state index contributed by atoms with van der Waals surface area (Å²) < 4.78 is 5.40. The Balaban J connectivity index is 1.96. The van der Waals surface area contributed by atoms with Gasteiger partial charge in [-0.1, -0.05) is 11.6 Å². The van der Waals surface area contributed by atoms with Gasteiger partial charge in [0.2, 0.25) is 0 Å². The number of nitrogens with zero attached hydrogens (tertiary/aromatic N) is 1. The lowest BCUT2D eigenvalue weighted by atomic mass is 10.2. The first-order chi connectivity index (χ1) is 8.16. The number of carbonyl (C=O) groups is 1. The molecule has 0 saturated carbocycles. The van der Waals surface area contributed by atoms with E-state index in [4.69, 9.17) is 22.1 Å². The van der Waals surface area contributed by atoms with Crippen LogP contribution in [0.3, 0.4) is 0 Å². The average Bonchev–Trinajstić information content (AvgIpc) is 2.82. The second kappa shape index (κ2) is 5.33. The largest absolute Gasteiger partial charge is 0.384 e. The molecule has 0 aromatic carbocycles. The van der Waals surface area contributed by atoms with E-state index in [9.17, 15) is 4.79 Å². The van der Waals surface area contributed by atoms with Crippen molar-refractivity contribution >= 4 is 23.3 Å². The number of hydrogen-bond acceptors (Lipinski definition) is 4. The van der Waals surface area contributed by atoms with Crippen LogP contribution < -0.4 is 11.1 Å². The van der Waals surface area contributed by atoms with Gasteiger partial charge in [-0.05, 0) is 25.0 Å². The number of nitrogens with two attached hydrogens (primary N) is 1. The third-order valence-electron chi connectivity index (χ3n) is 2.60. The lowest BCUT2D eigenvalue weighted by Crippen LogP contribution is -2.32. The first-order valence-corrected chi connectivity index (χ1v) is 5.86. The maximum absolute atomic E-state index is 11.8. The summed E-state index contributed by atoms with van der Waals surface area (Å²) in [5.74, 6) is -0.0468. The van der Waals surface area contributed by atoms with Gasteiger partial charge in [0.15, 0.2) is 0 Å². The summed E-state index contributed by atoms with van der Waals surface area (Å²) >= 11 is 5.88. The summed E-state index contributed by atoms with van der Waals surface area (Å²) in [5, 5.41) is 3.04. The number of amides is 1. The van der Waals surface area contributed by atoms with E-state index in [1.54, 1.807) is 12.1 Å². The van der Waals surface area contributed by atoms with E-state index in [0.717, 1.165) is 19.4 Å². The van der Waals surface area contributed by atoms with Crippen LogP contribution in [0.2, 0.25) is 5.02 Å². The maximum Gasteiger partial charge on any atom is 0.271 e. The Hall–Kier alpha value is -1.33. The van der Waals surface area contributed by atoms with E-state index in [2.05, 4.69) is 10.3 Å². The lowest BCUT2D eigenvalue weighted by Gasteiger charge is -2.11. The number of halogens is 1. The number of aromatic nitrogens is 1. The molecule has 1 unspecified atom stereocenters. The molecule has 1 aliphatic rings. The van der Waals surface area contributed by atoms with Crippen LogP contribution in [0.1, 0.15) is 23.3 Å². The number of hydrogen-bond donors (Lipinski definition) is 2. The summed E-state index contributed by atoms with van der Waals surface area (Å²) in [5.41, 5.74) is 5.67. The fourth-order valence-corrected chi connectivity index (χ4v) is 1.90. The smallest absolute Gasteiger partial charge is 0.271 e. The van der Waals surface area contributed by atoms with E-state index in [0.29, 0.717) is 11.6 Å². The number of ether oxygens (including phenoxy) is 1. The lowest BCUT2D eigenvalue weighted by molar-refractivity contribution is 0.0854. The molecule has 0 radical (unpaired) electrons. The van der Waals surface area contributed by atoms with Gasteiger partial charge in [-0.2, -0.15) is 0 Å². The molecule has 3 N–H and O–H groups in total. The Bertz CT molecular complexity index is 419. The van der Waals surface area contributed by atoms with Crippen LogP contribution in [0.5, 0.6) is 0 Å². The average molecular weight is 256 g/mol. The molecule has 0 spiro atoms. The predicted octanol–water partition coefficient (Wildman–Crippen LogP) is 1.23. The predicted molar refractivity (Wildman–Crippen MR) is 65.0 cm³/mol. The molecule has 6 heteroatoms. The van der Waals surface area contributed by atoms with Gasteiger partial charge in [-0.15, -0.1) is 0 Å². The van der Waals surface area contributed by atoms with Gasteiger partial charge in [0.05, 0.1) is 11.1 Å². The molecular weight excluding hydrogens is 242 g/mol. The van der Waals surface area contributed by atoms with Gasteiger partial charge >= 0.3 is 0 Å². The van der Waals surface area contributed by atoms with Gasteiger partial charge in [0, 0.05) is 13.2 Å². The molecule has 1 aliphatic heterocycles. The summed E-state index contributed by atoms with van der Waals surface area (Å²) in [6.45, 7) is 1.24. The Morgan fingerprint density at radius 2 is 2.47 bits per heavy atom. The second-order valence-corrected chi connectivity index (χ2v) is 4.32. The van der Waals surface area contributed by atoms with Crippen molar-refractivity contribution in [2.24, 2.45) is 0 Å². The quantitative estimate of drug-likeness (QED) is 0.852. The molecule has 0 aliphatic carbocycles. The summed E-state index contributed by atoms with van der Waals surface area (Å²) in [6, 6.07) is 3.12. The van der Waals surface area contributed by atoms with Crippen molar-refractivity contribution in [2.75, 3.05) is 18.9 Å². The maximum atomic E-state index is 11.8. The van der Waals surface area contributed by atoms with Gasteiger partial charge < -0.3 is 15.8 Å². The topological polar surface area (TPSA) is 77.2 Å². The molecule has 1 saturated heterocycles. The summed E-state index contributed by atoms with van der Waals surface area (Å²) in [6.07, 6.45) is 2.11.